The van der Waals surface area contributed by atoms with Gasteiger partial charge >= 0.3 is 0 Å². The number of amides is 2. The van der Waals surface area contributed by atoms with E-state index < -0.39 is 21.3 Å². The van der Waals surface area contributed by atoms with E-state index in [0.29, 0.717) is 18.7 Å². The number of hydrogen-bond donors (Lipinski definition) is 0. The van der Waals surface area contributed by atoms with E-state index in [0.717, 1.165) is 23.9 Å². The normalized spacial score (nSPS) is 22.7. The molecule has 2 amide bonds. The second-order valence-corrected chi connectivity index (χ2v) is 9.30. The first-order chi connectivity index (χ1) is 12.2. The van der Waals surface area contributed by atoms with Crippen LogP contribution in [-0.2, 0) is 14.8 Å². The third-order valence-electron chi connectivity index (χ3n) is 5.02. The Kier molecular flexibility index (Phi) is 4.83. The highest BCUT2D eigenvalue weighted by atomic mass is 32.2. The third kappa shape index (κ3) is 3.35. The van der Waals surface area contributed by atoms with Crippen LogP contribution in [0.5, 0.6) is 0 Å². The van der Waals surface area contributed by atoms with Crippen LogP contribution in [0, 0.1) is 5.41 Å². The molecular weight excluding hydrogens is 354 g/mol. The molecule has 0 saturated carbocycles. The summed E-state index contributed by atoms with van der Waals surface area (Å²) in [6, 6.07) is 6.35. The fourth-order valence-electron chi connectivity index (χ4n) is 3.48. The average Bonchev–Trinajstić information content (AvgIpc) is 2.77. The van der Waals surface area contributed by atoms with Crippen molar-refractivity contribution in [2.75, 3.05) is 42.8 Å². The monoisotopic (exact) mass is 379 g/mol. The van der Waals surface area contributed by atoms with E-state index in [4.69, 9.17) is 0 Å². The largest absolute Gasteiger partial charge is 0.336 e. The molecule has 8 heteroatoms. The zero-order valence-corrected chi connectivity index (χ0v) is 16.3. The molecule has 0 unspecified atom stereocenters. The lowest BCUT2D eigenvalue weighted by molar-refractivity contribution is -0.123. The summed E-state index contributed by atoms with van der Waals surface area (Å²) in [4.78, 5) is 29.4. The van der Waals surface area contributed by atoms with E-state index in [1.165, 1.54) is 6.07 Å². The molecule has 1 aromatic rings. The van der Waals surface area contributed by atoms with Crippen molar-refractivity contribution in [1.29, 1.82) is 0 Å². The Balaban J connectivity index is 1.85. The van der Waals surface area contributed by atoms with Gasteiger partial charge < -0.3 is 9.80 Å². The van der Waals surface area contributed by atoms with E-state index in [2.05, 4.69) is 11.8 Å². The minimum atomic E-state index is -3.72. The van der Waals surface area contributed by atoms with E-state index in [1.807, 2.05) is 0 Å². The minimum absolute atomic E-state index is 0.133. The standard InChI is InChI=1S/C18H25N3O4S/c1-4-19-8-10-20(11-9-19)16(22)14-6-5-7-15(12-14)21-17(23)18(2,3)13-26(21,24)25/h5-7,12H,4,8-11,13H2,1-3H3. The van der Waals surface area contributed by atoms with E-state index in [1.54, 1.807) is 36.9 Å². The second kappa shape index (κ2) is 6.66. The van der Waals surface area contributed by atoms with Crippen molar-refractivity contribution in [1.82, 2.24) is 9.80 Å². The molecule has 2 aliphatic rings. The van der Waals surface area contributed by atoms with Gasteiger partial charge in [0, 0.05) is 31.7 Å². The number of likely N-dealkylation sites (N-methyl/N-ethyl adjacent to an activating group) is 1. The molecule has 3 rings (SSSR count). The van der Waals surface area contributed by atoms with Crippen LogP contribution in [0.1, 0.15) is 31.1 Å². The van der Waals surface area contributed by atoms with Gasteiger partial charge in [0.1, 0.15) is 0 Å². The molecule has 0 N–H and O–H groups in total. The predicted molar refractivity (Wildman–Crippen MR) is 99.5 cm³/mol. The molecule has 2 fully saturated rings. The van der Waals surface area contributed by atoms with Crippen LogP contribution in [-0.4, -0.2) is 68.5 Å². The number of carbonyl (C=O) groups is 2. The quantitative estimate of drug-likeness (QED) is 0.788. The van der Waals surface area contributed by atoms with Gasteiger partial charge in [-0.25, -0.2) is 12.7 Å². The van der Waals surface area contributed by atoms with Crippen LogP contribution in [0.4, 0.5) is 5.69 Å². The number of rotatable bonds is 3. The van der Waals surface area contributed by atoms with E-state index >= 15 is 0 Å². The van der Waals surface area contributed by atoms with Gasteiger partial charge in [0.15, 0.2) is 0 Å². The number of carbonyl (C=O) groups excluding carboxylic acids is 2. The number of piperazine rings is 1. The molecule has 2 heterocycles. The van der Waals surface area contributed by atoms with Crippen LogP contribution in [0.15, 0.2) is 24.3 Å². The highest BCUT2D eigenvalue weighted by Gasteiger charge is 2.50. The zero-order chi connectivity index (χ0) is 19.1. The van der Waals surface area contributed by atoms with Crippen LogP contribution < -0.4 is 4.31 Å². The fraction of sp³-hybridized carbons (Fsp3) is 0.556. The van der Waals surface area contributed by atoms with Gasteiger partial charge in [-0.2, -0.15) is 0 Å². The van der Waals surface area contributed by atoms with Gasteiger partial charge in [0.05, 0.1) is 16.9 Å². The molecule has 2 aliphatic heterocycles. The van der Waals surface area contributed by atoms with Crippen molar-refractivity contribution in [3.8, 4) is 0 Å². The first-order valence-corrected chi connectivity index (χ1v) is 10.5. The molecule has 26 heavy (non-hydrogen) atoms. The molecule has 1 aromatic carbocycles. The van der Waals surface area contributed by atoms with Gasteiger partial charge in [0.25, 0.3) is 5.91 Å². The summed E-state index contributed by atoms with van der Waals surface area (Å²) in [5.74, 6) is -0.819. The van der Waals surface area contributed by atoms with Crippen LogP contribution in [0.25, 0.3) is 0 Å². The summed E-state index contributed by atoms with van der Waals surface area (Å²) >= 11 is 0. The number of nitrogens with zero attached hydrogens (tertiary/aromatic N) is 3. The van der Waals surface area contributed by atoms with Gasteiger partial charge in [-0.15, -0.1) is 0 Å². The maximum absolute atomic E-state index is 12.8. The zero-order valence-electron chi connectivity index (χ0n) is 15.4. The van der Waals surface area contributed by atoms with Crippen LogP contribution in [0.2, 0.25) is 0 Å². The lowest BCUT2D eigenvalue weighted by Crippen LogP contribution is -2.48. The van der Waals surface area contributed by atoms with E-state index in [-0.39, 0.29) is 17.3 Å². The molecule has 7 nitrogen and oxygen atoms in total. The molecule has 0 bridgehead atoms. The van der Waals surface area contributed by atoms with Gasteiger partial charge in [-0.05, 0) is 38.6 Å². The minimum Gasteiger partial charge on any atom is -0.336 e. The molecule has 0 aliphatic carbocycles. The highest BCUT2D eigenvalue weighted by molar-refractivity contribution is 7.94. The molecular formula is C18H25N3O4S. The summed E-state index contributed by atoms with van der Waals surface area (Å²) < 4.78 is 25.7. The van der Waals surface area contributed by atoms with Crippen molar-refractivity contribution in [3.63, 3.8) is 0 Å². The summed E-state index contributed by atoms with van der Waals surface area (Å²) in [7, 11) is -3.72. The van der Waals surface area contributed by atoms with Crippen molar-refractivity contribution in [3.05, 3.63) is 29.8 Å². The molecule has 142 valence electrons. The van der Waals surface area contributed by atoms with Crippen molar-refractivity contribution in [2.24, 2.45) is 5.41 Å². The lowest BCUT2D eigenvalue weighted by Gasteiger charge is -2.34. The van der Waals surface area contributed by atoms with Gasteiger partial charge in [0.2, 0.25) is 15.9 Å². The first kappa shape index (κ1) is 18.8. The smallest absolute Gasteiger partial charge is 0.254 e. The summed E-state index contributed by atoms with van der Waals surface area (Å²) in [6.45, 7) is 9.24. The summed E-state index contributed by atoms with van der Waals surface area (Å²) in [5.41, 5.74) is -0.325. The van der Waals surface area contributed by atoms with Gasteiger partial charge in [-0.1, -0.05) is 13.0 Å². The Morgan fingerprint density at radius 1 is 1.15 bits per heavy atom. The van der Waals surface area contributed by atoms with Crippen LogP contribution >= 0.6 is 0 Å². The Hall–Kier alpha value is -1.93. The highest BCUT2D eigenvalue weighted by Crippen LogP contribution is 2.36. The van der Waals surface area contributed by atoms with Crippen molar-refractivity contribution < 1.29 is 18.0 Å². The van der Waals surface area contributed by atoms with E-state index in [9.17, 15) is 18.0 Å². The Morgan fingerprint density at radius 2 is 1.81 bits per heavy atom. The molecule has 0 spiro atoms. The predicted octanol–water partition coefficient (Wildman–Crippen LogP) is 1.17. The SMILES string of the molecule is CCN1CCN(C(=O)c2cccc(N3C(=O)C(C)(C)CS3(=O)=O)c2)CC1. The number of anilines is 1. The molecule has 2 saturated heterocycles. The molecule has 0 aromatic heterocycles. The number of benzene rings is 1. The Labute approximate surface area is 154 Å². The Bertz CT molecular complexity index is 827. The lowest BCUT2D eigenvalue weighted by atomic mass is 9.95. The topological polar surface area (TPSA) is 78.0 Å². The summed E-state index contributed by atoms with van der Waals surface area (Å²) in [6.07, 6.45) is 0. The van der Waals surface area contributed by atoms with Crippen molar-refractivity contribution >= 4 is 27.5 Å². The van der Waals surface area contributed by atoms with Gasteiger partial charge in [-0.3, -0.25) is 9.59 Å². The first-order valence-electron chi connectivity index (χ1n) is 8.85. The van der Waals surface area contributed by atoms with Crippen LogP contribution in [0.3, 0.4) is 0 Å². The molecule has 0 radical (unpaired) electrons. The summed E-state index contributed by atoms with van der Waals surface area (Å²) in [5, 5.41) is 0. The third-order valence-corrected chi connectivity index (χ3v) is 7.04. The maximum Gasteiger partial charge on any atom is 0.254 e. The fourth-order valence-corrected chi connectivity index (χ4v) is 5.58. The molecule has 0 atom stereocenters. The number of hydrogen-bond acceptors (Lipinski definition) is 5. The maximum atomic E-state index is 12.8. The van der Waals surface area contributed by atoms with Crippen molar-refractivity contribution in [2.45, 2.75) is 20.8 Å². The number of sulfonamides is 1. The average molecular weight is 379 g/mol. The second-order valence-electron chi connectivity index (χ2n) is 7.49. The Morgan fingerprint density at radius 3 is 2.35 bits per heavy atom.